The number of fused-ring (bicyclic) bond motifs is 1. The zero-order valence-electron chi connectivity index (χ0n) is 10.2. The Kier molecular flexibility index (Phi) is 5.29. The van der Waals surface area contributed by atoms with Crippen LogP contribution in [-0.4, -0.2) is 15.5 Å². The van der Waals surface area contributed by atoms with Crippen molar-refractivity contribution in [1.29, 1.82) is 0 Å². The van der Waals surface area contributed by atoms with E-state index in [0.717, 1.165) is 12.5 Å². The van der Waals surface area contributed by atoms with Gasteiger partial charge in [0.1, 0.15) is 4.90 Å². The molecular formula is C11H11O3RbS. The molecule has 16 heavy (non-hydrogen) atoms. The van der Waals surface area contributed by atoms with Crippen LogP contribution in [0.25, 0.3) is 10.8 Å². The van der Waals surface area contributed by atoms with Crippen molar-refractivity contribution in [2.24, 2.45) is 0 Å². The summed E-state index contributed by atoms with van der Waals surface area (Å²) >= 11 is 0. The van der Waals surface area contributed by atoms with Crippen LogP contribution in [0.2, 0.25) is 0 Å². The maximum atomic E-state index is 11.6. The Morgan fingerprint density at radius 3 is 2.38 bits per heavy atom. The molecule has 0 heterocycles. The van der Waals surface area contributed by atoms with E-state index in [9.17, 15) is 8.42 Å². The zero-order chi connectivity index (χ0) is 10.9. The second kappa shape index (κ2) is 5.84. The molecule has 2 aromatic rings. The summed E-state index contributed by atoms with van der Waals surface area (Å²) in [7, 11) is -2.46. The quantitative estimate of drug-likeness (QED) is 0.689. The minimum Gasteiger partial charge on any atom is -1.00 e. The van der Waals surface area contributed by atoms with E-state index in [1.54, 1.807) is 24.3 Å². The molecule has 2 aromatic carbocycles. The molecule has 5 heteroatoms. The Morgan fingerprint density at radius 1 is 1.06 bits per heavy atom. The van der Waals surface area contributed by atoms with E-state index in [0.29, 0.717) is 5.39 Å². The Morgan fingerprint density at radius 2 is 1.69 bits per heavy atom. The predicted octanol–water partition coefficient (Wildman–Crippen LogP) is -0.709. The van der Waals surface area contributed by atoms with E-state index < -0.39 is 10.1 Å². The molecule has 0 aliphatic carbocycles. The minimum atomic E-state index is -3.62. The molecule has 3 nitrogen and oxygen atoms in total. The summed E-state index contributed by atoms with van der Waals surface area (Å²) in [6, 6.07) is 12.4. The SMILES string of the molecule is COS(=O)(=O)c1cccc2ccccc12.[H-].[Rb+]. The molecule has 0 N–H and O–H groups in total. The maximum Gasteiger partial charge on any atom is 1.00 e. The number of hydrogen-bond acceptors (Lipinski definition) is 3. The van der Waals surface area contributed by atoms with Gasteiger partial charge in [-0.2, -0.15) is 8.42 Å². The minimum absolute atomic E-state index is 0. The van der Waals surface area contributed by atoms with E-state index in [-0.39, 0.29) is 64.5 Å². The number of rotatable bonds is 2. The first kappa shape index (κ1) is 14.5. The molecule has 0 unspecified atom stereocenters. The van der Waals surface area contributed by atoms with Gasteiger partial charge in [-0.15, -0.1) is 0 Å². The predicted molar refractivity (Wildman–Crippen MR) is 59.3 cm³/mol. The van der Waals surface area contributed by atoms with Crippen LogP contribution in [0.4, 0.5) is 0 Å². The third kappa shape index (κ3) is 2.80. The molecule has 0 aromatic heterocycles. The van der Waals surface area contributed by atoms with E-state index in [1.165, 1.54) is 0 Å². The van der Waals surface area contributed by atoms with E-state index >= 15 is 0 Å². The Bertz CT molecular complexity index is 593. The average molecular weight is 309 g/mol. The van der Waals surface area contributed by atoms with Gasteiger partial charge in [-0.05, 0) is 11.5 Å². The molecule has 0 saturated carbocycles. The molecule has 0 bridgehead atoms. The van der Waals surface area contributed by atoms with Gasteiger partial charge in [0, 0.05) is 5.39 Å². The molecule has 0 amide bonds. The van der Waals surface area contributed by atoms with Gasteiger partial charge >= 0.3 is 58.2 Å². The third-order valence-electron chi connectivity index (χ3n) is 2.24. The number of hydrogen-bond donors (Lipinski definition) is 0. The summed E-state index contributed by atoms with van der Waals surface area (Å²) in [5.74, 6) is 0. The first-order valence-corrected chi connectivity index (χ1v) is 5.84. The number of benzene rings is 2. The fraction of sp³-hybridized carbons (Fsp3) is 0.0909. The van der Waals surface area contributed by atoms with Gasteiger partial charge in [-0.25, -0.2) is 0 Å². The van der Waals surface area contributed by atoms with Gasteiger partial charge in [0.25, 0.3) is 10.1 Å². The summed E-state index contributed by atoms with van der Waals surface area (Å²) < 4.78 is 27.7. The molecule has 0 fully saturated rings. The summed E-state index contributed by atoms with van der Waals surface area (Å²) in [4.78, 5) is 0.211. The zero-order valence-corrected chi connectivity index (χ0v) is 14.9. The summed E-state index contributed by atoms with van der Waals surface area (Å²) in [6.07, 6.45) is 0. The molecule has 0 aliphatic rings. The van der Waals surface area contributed by atoms with Crippen molar-refractivity contribution in [1.82, 2.24) is 0 Å². The van der Waals surface area contributed by atoms with Crippen LogP contribution in [0.1, 0.15) is 1.43 Å². The van der Waals surface area contributed by atoms with Crippen molar-refractivity contribution in [2.75, 3.05) is 7.11 Å². The first-order chi connectivity index (χ1) is 7.15. The smallest absolute Gasteiger partial charge is 1.00 e. The van der Waals surface area contributed by atoms with Crippen molar-refractivity contribution >= 4 is 20.9 Å². The van der Waals surface area contributed by atoms with E-state index in [4.69, 9.17) is 0 Å². The van der Waals surface area contributed by atoms with Crippen LogP contribution in [0.15, 0.2) is 47.4 Å². The molecule has 2 rings (SSSR count). The van der Waals surface area contributed by atoms with Crippen molar-refractivity contribution in [2.45, 2.75) is 4.90 Å². The van der Waals surface area contributed by atoms with Gasteiger partial charge in [-0.3, -0.25) is 4.18 Å². The van der Waals surface area contributed by atoms with Crippen LogP contribution in [0.5, 0.6) is 0 Å². The van der Waals surface area contributed by atoms with Crippen LogP contribution < -0.4 is 58.2 Å². The molecule has 0 spiro atoms. The maximum absolute atomic E-state index is 11.6. The summed E-state index contributed by atoms with van der Waals surface area (Å²) in [5, 5.41) is 1.57. The van der Waals surface area contributed by atoms with Gasteiger partial charge in [-0.1, -0.05) is 36.4 Å². The second-order valence-electron chi connectivity index (χ2n) is 3.10. The largest absolute Gasteiger partial charge is 1.00 e. The topological polar surface area (TPSA) is 43.4 Å². The Balaban J connectivity index is 0.00000128. The molecule has 0 atom stereocenters. The van der Waals surface area contributed by atoms with E-state index in [2.05, 4.69) is 4.18 Å². The third-order valence-corrected chi connectivity index (χ3v) is 3.57. The monoisotopic (exact) mass is 308 g/mol. The van der Waals surface area contributed by atoms with Crippen LogP contribution in [0.3, 0.4) is 0 Å². The average Bonchev–Trinajstić information content (AvgIpc) is 2.28. The fourth-order valence-electron chi connectivity index (χ4n) is 1.50. The van der Waals surface area contributed by atoms with Gasteiger partial charge in [0.15, 0.2) is 0 Å². The molecule has 0 radical (unpaired) electrons. The first-order valence-electron chi connectivity index (χ1n) is 4.43. The standard InChI is InChI=1S/C11H10O3S.Rb.H/c1-14-15(12,13)11-8-4-6-9-5-2-3-7-10(9)11;;/h2-8H,1H3;;/q;+1;-1. The van der Waals surface area contributed by atoms with Crippen molar-refractivity contribution in [3.63, 3.8) is 0 Å². The van der Waals surface area contributed by atoms with Gasteiger partial charge in [0.2, 0.25) is 0 Å². The molecular weight excluding hydrogens is 298 g/mol. The van der Waals surface area contributed by atoms with Gasteiger partial charge in [0.05, 0.1) is 7.11 Å². The molecule has 0 saturated heterocycles. The van der Waals surface area contributed by atoms with E-state index in [1.807, 2.05) is 18.2 Å². The Labute approximate surface area is 145 Å². The van der Waals surface area contributed by atoms with Crippen molar-refractivity contribution in [3.8, 4) is 0 Å². The molecule has 0 aliphatic heterocycles. The Hall–Kier alpha value is 0.415. The fourth-order valence-corrected chi connectivity index (χ4v) is 2.38. The van der Waals surface area contributed by atoms with Crippen molar-refractivity contribution < 1.29 is 72.2 Å². The molecule has 80 valence electrons. The second-order valence-corrected chi connectivity index (χ2v) is 4.78. The van der Waals surface area contributed by atoms with Crippen LogP contribution in [-0.2, 0) is 14.3 Å². The van der Waals surface area contributed by atoms with Crippen LogP contribution >= 0.6 is 0 Å². The summed E-state index contributed by atoms with van der Waals surface area (Å²) in [6.45, 7) is 0. The van der Waals surface area contributed by atoms with Crippen molar-refractivity contribution in [3.05, 3.63) is 42.5 Å². The normalized spacial score (nSPS) is 11.1. The summed E-state index contributed by atoms with van der Waals surface area (Å²) in [5.41, 5.74) is 0. The van der Waals surface area contributed by atoms with Gasteiger partial charge < -0.3 is 1.43 Å². The van der Waals surface area contributed by atoms with Crippen LogP contribution in [0, 0.1) is 0 Å².